The Hall–Kier alpha value is -2.14. The molecule has 0 aliphatic rings. The number of hydrogen-bond acceptors (Lipinski definition) is 3. The number of aromatic amines is 1. The van der Waals surface area contributed by atoms with Crippen LogP contribution in [0.2, 0.25) is 5.15 Å². The fraction of sp³-hybridized carbons (Fsp3) is 0. The molecule has 0 bridgehead atoms. The molecule has 2 aromatic rings. The molecule has 0 spiro atoms. The zero-order valence-electron chi connectivity index (χ0n) is 8.61. The van der Waals surface area contributed by atoms with Crippen LogP contribution in [0.4, 0.5) is 0 Å². The second kappa shape index (κ2) is 4.39. The van der Waals surface area contributed by atoms with E-state index in [1.807, 2.05) is 0 Å². The molecule has 2 rings (SSSR count). The lowest BCUT2D eigenvalue weighted by molar-refractivity contribution is 0.0999. The average molecular weight is 250 g/mol. The van der Waals surface area contributed by atoms with Gasteiger partial charge in [0.1, 0.15) is 10.7 Å². The highest BCUT2D eigenvalue weighted by molar-refractivity contribution is 6.29. The quantitative estimate of drug-likeness (QED) is 0.784. The molecule has 0 unspecified atom stereocenters. The van der Waals surface area contributed by atoms with Crippen molar-refractivity contribution in [3.63, 3.8) is 0 Å². The van der Waals surface area contributed by atoms with Gasteiger partial charge in [-0.1, -0.05) is 11.6 Å². The summed E-state index contributed by atoms with van der Waals surface area (Å²) in [5.74, 6) is -0.759. The summed E-state index contributed by atoms with van der Waals surface area (Å²) < 4.78 is 0. The Morgan fingerprint density at radius 1 is 1.35 bits per heavy atom. The van der Waals surface area contributed by atoms with Crippen molar-refractivity contribution >= 4 is 17.5 Å². The van der Waals surface area contributed by atoms with E-state index in [1.165, 1.54) is 12.3 Å². The molecule has 0 aliphatic heterocycles. The normalized spacial score (nSPS) is 10.2. The Balaban J connectivity index is 2.52. The lowest BCUT2D eigenvalue weighted by Gasteiger charge is -2.02. The number of pyridine rings is 2. The van der Waals surface area contributed by atoms with Crippen LogP contribution < -0.4 is 11.3 Å². The molecule has 0 aliphatic carbocycles. The fourth-order valence-corrected chi connectivity index (χ4v) is 1.58. The summed E-state index contributed by atoms with van der Waals surface area (Å²) in [4.78, 5) is 28.8. The Bertz CT molecular complexity index is 637. The van der Waals surface area contributed by atoms with E-state index < -0.39 is 11.5 Å². The van der Waals surface area contributed by atoms with E-state index in [9.17, 15) is 9.59 Å². The average Bonchev–Trinajstić information content (AvgIpc) is 2.28. The van der Waals surface area contributed by atoms with Gasteiger partial charge in [0, 0.05) is 17.5 Å². The maximum Gasteiger partial charge on any atom is 0.261 e. The summed E-state index contributed by atoms with van der Waals surface area (Å²) >= 11 is 5.74. The molecular weight excluding hydrogens is 242 g/mol. The summed E-state index contributed by atoms with van der Waals surface area (Å²) in [6.45, 7) is 0. The number of carbonyl (C=O) groups excluding carboxylic acids is 1. The maximum absolute atomic E-state index is 11.5. The van der Waals surface area contributed by atoms with Crippen molar-refractivity contribution in [2.24, 2.45) is 5.73 Å². The van der Waals surface area contributed by atoms with Crippen LogP contribution in [-0.4, -0.2) is 15.9 Å². The Morgan fingerprint density at radius 3 is 2.71 bits per heavy atom. The van der Waals surface area contributed by atoms with E-state index in [-0.39, 0.29) is 5.56 Å². The third kappa shape index (κ3) is 2.34. The van der Waals surface area contributed by atoms with Crippen LogP contribution >= 0.6 is 11.6 Å². The van der Waals surface area contributed by atoms with Crippen molar-refractivity contribution in [1.29, 1.82) is 0 Å². The molecule has 0 fully saturated rings. The first-order chi connectivity index (χ1) is 8.08. The first-order valence-corrected chi connectivity index (χ1v) is 5.11. The molecule has 6 heteroatoms. The number of hydrogen-bond donors (Lipinski definition) is 2. The topological polar surface area (TPSA) is 88.8 Å². The van der Waals surface area contributed by atoms with Crippen molar-refractivity contribution < 1.29 is 4.79 Å². The van der Waals surface area contributed by atoms with Gasteiger partial charge in [-0.05, 0) is 24.3 Å². The second-order valence-electron chi connectivity index (χ2n) is 3.35. The number of H-pyrrole nitrogens is 1. The molecule has 0 saturated heterocycles. The molecule has 0 radical (unpaired) electrons. The van der Waals surface area contributed by atoms with E-state index >= 15 is 0 Å². The second-order valence-corrected chi connectivity index (χ2v) is 3.73. The molecule has 1 amide bonds. The van der Waals surface area contributed by atoms with Crippen molar-refractivity contribution in [1.82, 2.24) is 9.97 Å². The summed E-state index contributed by atoms with van der Waals surface area (Å²) in [6, 6.07) is 6.27. The molecule has 0 saturated carbocycles. The molecule has 0 atom stereocenters. The fourth-order valence-electron chi connectivity index (χ4n) is 1.41. The SMILES string of the molecule is NC(=O)c1ccc(-c2ccnc(Cl)c2)[nH]c1=O. The van der Waals surface area contributed by atoms with Crippen LogP contribution in [0, 0.1) is 0 Å². The van der Waals surface area contributed by atoms with Crippen LogP contribution in [0.15, 0.2) is 35.3 Å². The van der Waals surface area contributed by atoms with Crippen molar-refractivity contribution in [3.8, 4) is 11.3 Å². The van der Waals surface area contributed by atoms with Crippen LogP contribution in [0.25, 0.3) is 11.3 Å². The van der Waals surface area contributed by atoms with Gasteiger partial charge < -0.3 is 10.7 Å². The number of nitrogens with two attached hydrogens (primary N) is 1. The predicted octanol–water partition coefficient (Wildman–Crippen LogP) is 1.19. The summed E-state index contributed by atoms with van der Waals surface area (Å²) in [5, 5.41) is 0.322. The lowest BCUT2D eigenvalue weighted by Crippen LogP contribution is -2.23. The van der Waals surface area contributed by atoms with Gasteiger partial charge in [-0.15, -0.1) is 0 Å². The minimum absolute atomic E-state index is 0.0751. The van der Waals surface area contributed by atoms with Crippen LogP contribution in [-0.2, 0) is 0 Å². The minimum Gasteiger partial charge on any atom is -0.365 e. The number of primary amides is 1. The van der Waals surface area contributed by atoms with Gasteiger partial charge in [0.15, 0.2) is 0 Å². The van der Waals surface area contributed by atoms with Gasteiger partial charge in [-0.3, -0.25) is 9.59 Å². The molecular formula is C11H8ClN3O2. The monoisotopic (exact) mass is 249 g/mol. The summed E-state index contributed by atoms with van der Waals surface area (Å²) in [6.07, 6.45) is 1.53. The third-order valence-electron chi connectivity index (χ3n) is 2.21. The van der Waals surface area contributed by atoms with Crippen molar-refractivity contribution in [2.45, 2.75) is 0 Å². The number of nitrogens with zero attached hydrogens (tertiary/aromatic N) is 1. The first-order valence-electron chi connectivity index (χ1n) is 4.73. The molecule has 17 heavy (non-hydrogen) atoms. The molecule has 3 N–H and O–H groups in total. The number of aromatic nitrogens is 2. The van der Waals surface area contributed by atoms with Crippen LogP contribution in [0.1, 0.15) is 10.4 Å². The number of halogens is 1. The molecule has 0 aromatic carbocycles. The predicted molar refractivity (Wildman–Crippen MR) is 63.8 cm³/mol. The van der Waals surface area contributed by atoms with Crippen molar-refractivity contribution in [2.75, 3.05) is 0 Å². The highest BCUT2D eigenvalue weighted by atomic mass is 35.5. The largest absolute Gasteiger partial charge is 0.365 e. The first kappa shape index (κ1) is 11.3. The van der Waals surface area contributed by atoms with E-state index in [0.29, 0.717) is 16.4 Å². The Labute approximate surface area is 101 Å². The highest BCUT2D eigenvalue weighted by Crippen LogP contribution is 2.17. The maximum atomic E-state index is 11.5. The molecule has 5 nitrogen and oxygen atoms in total. The number of carbonyl (C=O) groups is 1. The standard InChI is InChI=1S/C11H8ClN3O2/c12-9-5-6(3-4-14-9)8-2-1-7(10(13)16)11(17)15-8/h1-5H,(H2,13,16)(H,15,17). The van der Waals surface area contributed by atoms with E-state index in [2.05, 4.69) is 9.97 Å². The minimum atomic E-state index is -0.759. The van der Waals surface area contributed by atoms with Gasteiger partial charge in [0.2, 0.25) is 0 Å². The van der Waals surface area contributed by atoms with E-state index in [4.69, 9.17) is 17.3 Å². The number of nitrogens with one attached hydrogen (secondary N) is 1. The Kier molecular flexibility index (Phi) is 2.93. The highest BCUT2D eigenvalue weighted by Gasteiger charge is 2.07. The van der Waals surface area contributed by atoms with Gasteiger partial charge in [0.25, 0.3) is 11.5 Å². The van der Waals surface area contributed by atoms with Crippen LogP contribution in [0.5, 0.6) is 0 Å². The number of amides is 1. The Morgan fingerprint density at radius 2 is 2.12 bits per heavy atom. The third-order valence-corrected chi connectivity index (χ3v) is 2.42. The summed E-state index contributed by atoms with van der Waals surface area (Å²) in [7, 11) is 0. The zero-order valence-corrected chi connectivity index (χ0v) is 9.36. The zero-order chi connectivity index (χ0) is 12.4. The van der Waals surface area contributed by atoms with Gasteiger partial charge >= 0.3 is 0 Å². The molecule has 2 aromatic heterocycles. The van der Waals surface area contributed by atoms with E-state index in [0.717, 1.165) is 0 Å². The van der Waals surface area contributed by atoms with E-state index in [1.54, 1.807) is 18.2 Å². The lowest BCUT2D eigenvalue weighted by atomic mass is 10.1. The van der Waals surface area contributed by atoms with Crippen molar-refractivity contribution in [3.05, 3.63) is 51.5 Å². The number of rotatable bonds is 2. The smallest absolute Gasteiger partial charge is 0.261 e. The van der Waals surface area contributed by atoms with Crippen LogP contribution in [0.3, 0.4) is 0 Å². The van der Waals surface area contributed by atoms with Gasteiger partial charge in [-0.25, -0.2) is 4.98 Å². The van der Waals surface area contributed by atoms with Gasteiger partial charge in [0.05, 0.1) is 0 Å². The molecule has 86 valence electrons. The molecule has 2 heterocycles. The summed E-state index contributed by atoms with van der Waals surface area (Å²) in [5.41, 5.74) is 5.69. The van der Waals surface area contributed by atoms with Gasteiger partial charge in [-0.2, -0.15) is 0 Å².